The number of methoxy groups -OCH3 is 1. The number of amides is 1. The Morgan fingerprint density at radius 2 is 1.93 bits per heavy atom. The Morgan fingerprint density at radius 3 is 2.63 bits per heavy atom. The highest BCUT2D eigenvalue weighted by Crippen LogP contribution is 2.30. The molecule has 3 fully saturated rings. The topological polar surface area (TPSA) is 65.6 Å². The maximum absolute atomic E-state index is 13.0. The second kappa shape index (κ2) is 7.56. The van der Waals surface area contributed by atoms with Gasteiger partial charge in [0.2, 0.25) is 5.56 Å². The zero-order valence-electron chi connectivity index (χ0n) is 15.6. The number of pyridine rings is 1. The highest BCUT2D eigenvalue weighted by molar-refractivity contribution is 5.94. The third kappa shape index (κ3) is 3.90. The van der Waals surface area contributed by atoms with E-state index in [1.54, 1.807) is 13.2 Å². The predicted molar refractivity (Wildman–Crippen MR) is 103 cm³/mol. The fourth-order valence-corrected chi connectivity index (χ4v) is 4.26. The fourth-order valence-electron chi connectivity index (χ4n) is 4.26. The Kier molecular flexibility index (Phi) is 4.99. The van der Waals surface area contributed by atoms with E-state index in [-0.39, 0.29) is 17.5 Å². The van der Waals surface area contributed by atoms with Crippen molar-refractivity contribution in [2.24, 2.45) is 5.92 Å². The van der Waals surface area contributed by atoms with Crippen LogP contribution in [0.15, 0.2) is 47.4 Å². The van der Waals surface area contributed by atoms with Crippen molar-refractivity contribution in [3.8, 4) is 5.75 Å². The molecule has 4 heterocycles. The summed E-state index contributed by atoms with van der Waals surface area (Å²) in [5.74, 6) is 1.38. The number of carbonyl (C=O) groups excluding carboxylic acids is 1. The summed E-state index contributed by atoms with van der Waals surface area (Å²) in [6.07, 6.45) is 3.73. The van der Waals surface area contributed by atoms with Crippen molar-refractivity contribution >= 4 is 5.91 Å². The Bertz CT molecular complexity index is 841. The Labute approximate surface area is 158 Å². The number of ether oxygens (including phenoxy) is 1. The van der Waals surface area contributed by atoms with Gasteiger partial charge in [-0.25, -0.2) is 0 Å². The van der Waals surface area contributed by atoms with Crippen molar-refractivity contribution in [1.29, 1.82) is 0 Å². The van der Waals surface area contributed by atoms with E-state index in [1.807, 2.05) is 17.0 Å². The molecule has 1 N–H and O–H groups in total. The lowest BCUT2D eigenvalue weighted by Gasteiger charge is -2.36. The van der Waals surface area contributed by atoms with E-state index in [0.29, 0.717) is 11.5 Å². The van der Waals surface area contributed by atoms with Gasteiger partial charge in [-0.2, -0.15) is 0 Å². The van der Waals surface area contributed by atoms with Crippen LogP contribution >= 0.6 is 0 Å². The van der Waals surface area contributed by atoms with Gasteiger partial charge in [0.25, 0.3) is 5.91 Å². The molecule has 0 radical (unpaired) electrons. The third-order valence-electron chi connectivity index (χ3n) is 5.65. The van der Waals surface area contributed by atoms with Crippen LogP contribution in [0.3, 0.4) is 0 Å². The summed E-state index contributed by atoms with van der Waals surface area (Å²) in [6.45, 7) is 3.58. The molecule has 142 valence electrons. The SMILES string of the molecule is COc1ccc(CN2C[C@@H]3CC[C@H](C2)N(C(=O)c2ccc(=O)[nH]c2)C3)cc1. The highest BCUT2D eigenvalue weighted by atomic mass is 16.5. The molecule has 2 atom stereocenters. The summed E-state index contributed by atoms with van der Waals surface area (Å²) < 4.78 is 5.23. The fraction of sp³-hybridized carbons (Fsp3) is 0.429. The van der Waals surface area contributed by atoms with Gasteiger partial charge in [-0.1, -0.05) is 12.1 Å². The summed E-state index contributed by atoms with van der Waals surface area (Å²) in [5.41, 5.74) is 1.63. The minimum Gasteiger partial charge on any atom is -0.497 e. The molecule has 1 aromatic heterocycles. The van der Waals surface area contributed by atoms with E-state index < -0.39 is 0 Å². The first-order valence-corrected chi connectivity index (χ1v) is 9.47. The number of aromatic nitrogens is 1. The average Bonchev–Trinajstić information content (AvgIpc) is 2.99. The first kappa shape index (κ1) is 17.8. The molecule has 0 saturated carbocycles. The van der Waals surface area contributed by atoms with Gasteiger partial charge < -0.3 is 14.6 Å². The molecule has 3 aliphatic heterocycles. The van der Waals surface area contributed by atoms with E-state index in [0.717, 1.165) is 38.3 Å². The van der Waals surface area contributed by atoms with Gasteiger partial charge in [0.15, 0.2) is 0 Å². The smallest absolute Gasteiger partial charge is 0.255 e. The van der Waals surface area contributed by atoms with Crippen molar-refractivity contribution in [2.75, 3.05) is 26.7 Å². The van der Waals surface area contributed by atoms with Crippen LogP contribution in [-0.2, 0) is 6.54 Å². The molecule has 3 aliphatic rings. The maximum atomic E-state index is 13.0. The molecule has 2 bridgehead atoms. The molecule has 1 aromatic carbocycles. The molecule has 1 amide bonds. The minimum atomic E-state index is -0.186. The number of carbonyl (C=O) groups is 1. The number of nitrogens with zero attached hydrogens (tertiary/aromatic N) is 2. The first-order chi connectivity index (χ1) is 13.1. The molecule has 27 heavy (non-hydrogen) atoms. The summed E-state index contributed by atoms with van der Waals surface area (Å²) in [7, 11) is 1.68. The van der Waals surface area contributed by atoms with Crippen LogP contribution in [0.5, 0.6) is 5.75 Å². The van der Waals surface area contributed by atoms with Gasteiger partial charge in [0, 0.05) is 44.5 Å². The number of aromatic amines is 1. The van der Waals surface area contributed by atoms with Crippen LogP contribution in [0.2, 0.25) is 0 Å². The largest absolute Gasteiger partial charge is 0.497 e. The lowest BCUT2D eigenvalue weighted by Crippen LogP contribution is -2.47. The summed E-state index contributed by atoms with van der Waals surface area (Å²) in [4.78, 5) is 31.3. The summed E-state index contributed by atoms with van der Waals surface area (Å²) in [6, 6.07) is 11.5. The minimum absolute atomic E-state index is 0.0206. The second-order valence-electron chi connectivity index (χ2n) is 7.54. The Balaban J connectivity index is 1.47. The monoisotopic (exact) mass is 367 g/mol. The van der Waals surface area contributed by atoms with E-state index in [1.165, 1.54) is 24.2 Å². The Morgan fingerprint density at radius 1 is 1.11 bits per heavy atom. The number of fused-ring (bicyclic) bond motifs is 4. The second-order valence-corrected chi connectivity index (χ2v) is 7.54. The molecule has 6 heteroatoms. The first-order valence-electron chi connectivity index (χ1n) is 9.47. The Hall–Kier alpha value is -2.60. The molecule has 3 saturated heterocycles. The molecular weight excluding hydrogens is 342 g/mol. The van der Waals surface area contributed by atoms with Gasteiger partial charge in [0.1, 0.15) is 5.75 Å². The highest BCUT2D eigenvalue weighted by Gasteiger charge is 2.37. The number of piperidine rings is 1. The maximum Gasteiger partial charge on any atom is 0.255 e. The molecule has 5 rings (SSSR count). The molecule has 6 nitrogen and oxygen atoms in total. The van der Waals surface area contributed by atoms with Gasteiger partial charge in [-0.15, -0.1) is 0 Å². The number of hydrogen-bond donors (Lipinski definition) is 1. The number of benzene rings is 1. The lowest BCUT2D eigenvalue weighted by molar-refractivity contribution is 0.0584. The van der Waals surface area contributed by atoms with Crippen LogP contribution in [0, 0.1) is 5.92 Å². The molecule has 2 aromatic rings. The number of rotatable bonds is 4. The van der Waals surface area contributed by atoms with Gasteiger partial charge in [-0.3, -0.25) is 14.5 Å². The zero-order chi connectivity index (χ0) is 18.8. The lowest BCUT2D eigenvalue weighted by atomic mass is 9.94. The van der Waals surface area contributed by atoms with Crippen LogP contribution in [0.4, 0.5) is 0 Å². The van der Waals surface area contributed by atoms with Gasteiger partial charge >= 0.3 is 0 Å². The molecular formula is C21H25N3O3. The number of H-pyrrole nitrogens is 1. The van der Waals surface area contributed by atoms with E-state index in [2.05, 4.69) is 22.0 Å². The van der Waals surface area contributed by atoms with Crippen molar-refractivity contribution in [3.05, 3.63) is 64.1 Å². The predicted octanol–water partition coefficient (Wildman–Crippen LogP) is 2.12. The molecule has 0 aliphatic carbocycles. The zero-order valence-corrected chi connectivity index (χ0v) is 15.6. The van der Waals surface area contributed by atoms with Crippen LogP contribution in [0.25, 0.3) is 0 Å². The van der Waals surface area contributed by atoms with Gasteiger partial charge in [0.05, 0.1) is 12.7 Å². The normalized spacial score (nSPS) is 22.5. The van der Waals surface area contributed by atoms with Crippen molar-refractivity contribution in [3.63, 3.8) is 0 Å². The third-order valence-corrected chi connectivity index (χ3v) is 5.65. The van der Waals surface area contributed by atoms with Crippen molar-refractivity contribution < 1.29 is 9.53 Å². The van der Waals surface area contributed by atoms with Crippen LogP contribution in [-0.4, -0.2) is 53.5 Å². The van der Waals surface area contributed by atoms with Gasteiger partial charge in [-0.05, 0) is 42.5 Å². The van der Waals surface area contributed by atoms with E-state index >= 15 is 0 Å². The van der Waals surface area contributed by atoms with Crippen LogP contribution in [0.1, 0.15) is 28.8 Å². The number of nitrogens with one attached hydrogen (secondary N) is 1. The summed E-state index contributed by atoms with van der Waals surface area (Å²) >= 11 is 0. The van der Waals surface area contributed by atoms with Crippen molar-refractivity contribution in [1.82, 2.24) is 14.8 Å². The standard InChI is InChI=1S/C21H25N3O3/c1-27-19-7-3-15(4-8-19)11-23-12-16-2-6-18(14-23)24(13-16)21(26)17-5-9-20(25)22-10-17/h3-5,7-10,16,18H,2,6,11-14H2,1H3,(H,22,25)/t16-,18+/m0/s1. The quantitative estimate of drug-likeness (QED) is 0.899. The van der Waals surface area contributed by atoms with Crippen molar-refractivity contribution in [2.45, 2.75) is 25.4 Å². The van der Waals surface area contributed by atoms with E-state index in [4.69, 9.17) is 4.74 Å². The average molecular weight is 367 g/mol. The van der Waals surface area contributed by atoms with Crippen LogP contribution < -0.4 is 10.3 Å². The number of hydrogen-bond acceptors (Lipinski definition) is 4. The van der Waals surface area contributed by atoms with E-state index in [9.17, 15) is 9.59 Å². The summed E-state index contributed by atoms with van der Waals surface area (Å²) in [5, 5.41) is 0. The molecule has 0 spiro atoms. The molecule has 0 unspecified atom stereocenters.